The Morgan fingerprint density at radius 2 is 2.00 bits per heavy atom. The number of imidazole rings is 1. The van der Waals surface area contributed by atoms with Crippen LogP contribution in [-0.4, -0.2) is 30.1 Å². The molecule has 0 aliphatic heterocycles. The lowest BCUT2D eigenvalue weighted by Gasteiger charge is -2.12. The van der Waals surface area contributed by atoms with E-state index in [1.807, 2.05) is 25.1 Å². The van der Waals surface area contributed by atoms with Gasteiger partial charge in [-0.05, 0) is 38.6 Å². The van der Waals surface area contributed by atoms with Gasteiger partial charge in [-0.2, -0.15) is 0 Å². The van der Waals surface area contributed by atoms with E-state index in [2.05, 4.69) is 11.3 Å². The largest absolute Gasteiger partial charge is 0.497 e. The predicted octanol–water partition coefficient (Wildman–Crippen LogP) is 3.20. The third-order valence-electron chi connectivity index (χ3n) is 3.99. The number of nitrogens with zero attached hydrogens (tertiary/aromatic N) is 2. The number of hydrogen-bond acceptors (Lipinski definition) is 5. The highest BCUT2D eigenvalue weighted by Crippen LogP contribution is 2.39. The summed E-state index contributed by atoms with van der Waals surface area (Å²) in [4.78, 5) is 6.87. The number of benzene rings is 1. The van der Waals surface area contributed by atoms with Crippen LogP contribution < -0.4 is 15.2 Å². The van der Waals surface area contributed by atoms with Gasteiger partial charge in [0.05, 0.1) is 25.6 Å². The average molecular weight is 331 g/mol. The summed E-state index contributed by atoms with van der Waals surface area (Å²) in [5.41, 5.74) is 10.1. The van der Waals surface area contributed by atoms with Gasteiger partial charge in [0.15, 0.2) is 4.96 Å². The predicted molar refractivity (Wildman–Crippen MR) is 93.8 cm³/mol. The van der Waals surface area contributed by atoms with Crippen LogP contribution in [0.4, 0.5) is 0 Å². The quantitative estimate of drug-likeness (QED) is 0.780. The standard InChI is InChI=1S/C17H21N3O2S/c1-10-14(7-8-18)20-16(11(2)23-17(20)19-10)13-9-12(21-3)5-6-15(13)22-4/h5-6,9H,7-8,18H2,1-4H3. The van der Waals surface area contributed by atoms with Crippen molar-refractivity contribution < 1.29 is 9.47 Å². The number of fused-ring (bicyclic) bond motifs is 1. The molecule has 23 heavy (non-hydrogen) atoms. The molecule has 5 nitrogen and oxygen atoms in total. The van der Waals surface area contributed by atoms with Gasteiger partial charge in [0.2, 0.25) is 0 Å². The third-order valence-corrected chi connectivity index (χ3v) is 4.94. The molecule has 0 bridgehead atoms. The highest BCUT2D eigenvalue weighted by atomic mass is 32.1. The number of thiazole rings is 1. The van der Waals surface area contributed by atoms with E-state index in [-0.39, 0.29) is 0 Å². The fourth-order valence-electron chi connectivity index (χ4n) is 2.92. The maximum Gasteiger partial charge on any atom is 0.194 e. The number of aryl methyl sites for hydroxylation is 2. The molecular formula is C17H21N3O2S. The Balaban J connectivity index is 2.33. The first-order valence-electron chi connectivity index (χ1n) is 7.50. The molecule has 0 atom stereocenters. The summed E-state index contributed by atoms with van der Waals surface area (Å²) in [7, 11) is 3.35. The molecule has 0 amide bonds. The van der Waals surface area contributed by atoms with Crippen LogP contribution in [0, 0.1) is 13.8 Å². The Bertz CT molecular complexity index is 851. The normalized spacial score (nSPS) is 11.2. The minimum absolute atomic E-state index is 0.595. The van der Waals surface area contributed by atoms with Crippen molar-refractivity contribution >= 4 is 16.3 Å². The summed E-state index contributed by atoms with van der Waals surface area (Å²) in [5, 5.41) is 0. The van der Waals surface area contributed by atoms with E-state index < -0.39 is 0 Å². The van der Waals surface area contributed by atoms with Gasteiger partial charge in [-0.1, -0.05) is 0 Å². The number of nitrogens with two attached hydrogens (primary N) is 1. The van der Waals surface area contributed by atoms with E-state index in [1.54, 1.807) is 25.6 Å². The lowest BCUT2D eigenvalue weighted by Crippen LogP contribution is -2.07. The first-order chi connectivity index (χ1) is 11.1. The van der Waals surface area contributed by atoms with Crippen LogP contribution in [0.25, 0.3) is 16.2 Å². The van der Waals surface area contributed by atoms with Gasteiger partial charge in [0, 0.05) is 22.6 Å². The molecule has 0 fully saturated rings. The second-order valence-corrected chi connectivity index (χ2v) is 6.56. The molecular weight excluding hydrogens is 310 g/mol. The zero-order valence-electron chi connectivity index (χ0n) is 13.8. The van der Waals surface area contributed by atoms with E-state index in [4.69, 9.17) is 20.2 Å². The highest BCUT2D eigenvalue weighted by Gasteiger charge is 2.20. The molecule has 1 aromatic carbocycles. The molecule has 0 spiro atoms. The second-order valence-electron chi connectivity index (χ2n) is 5.37. The number of ether oxygens (including phenoxy) is 2. The summed E-state index contributed by atoms with van der Waals surface area (Å²) in [5.74, 6) is 1.62. The van der Waals surface area contributed by atoms with Crippen molar-refractivity contribution in [2.45, 2.75) is 20.3 Å². The molecule has 3 rings (SSSR count). The van der Waals surface area contributed by atoms with Crippen molar-refractivity contribution in [3.05, 3.63) is 34.5 Å². The van der Waals surface area contributed by atoms with Crippen LogP contribution >= 0.6 is 11.3 Å². The molecule has 3 aromatic rings. The topological polar surface area (TPSA) is 61.8 Å². The molecule has 2 heterocycles. The third kappa shape index (κ3) is 2.58. The first kappa shape index (κ1) is 15.8. The molecule has 0 radical (unpaired) electrons. The van der Waals surface area contributed by atoms with Gasteiger partial charge in [0.1, 0.15) is 11.5 Å². The van der Waals surface area contributed by atoms with Crippen molar-refractivity contribution in [2.24, 2.45) is 5.73 Å². The molecule has 2 N–H and O–H groups in total. The Morgan fingerprint density at radius 3 is 2.65 bits per heavy atom. The molecule has 0 unspecified atom stereocenters. The monoisotopic (exact) mass is 331 g/mol. The number of methoxy groups -OCH3 is 2. The molecule has 0 saturated carbocycles. The van der Waals surface area contributed by atoms with Crippen LogP contribution in [0.3, 0.4) is 0 Å². The maximum atomic E-state index is 5.79. The zero-order chi connectivity index (χ0) is 16.6. The second kappa shape index (κ2) is 6.22. The first-order valence-corrected chi connectivity index (χ1v) is 8.32. The Labute approximate surface area is 139 Å². The van der Waals surface area contributed by atoms with E-state index in [1.165, 1.54) is 4.88 Å². The van der Waals surface area contributed by atoms with E-state index in [0.717, 1.165) is 45.5 Å². The average Bonchev–Trinajstić information content (AvgIpc) is 3.01. The summed E-state index contributed by atoms with van der Waals surface area (Å²) in [6.07, 6.45) is 0.794. The summed E-state index contributed by atoms with van der Waals surface area (Å²) in [6.45, 7) is 4.74. The van der Waals surface area contributed by atoms with Gasteiger partial charge in [-0.25, -0.2) is 4.98 Å². The van der Waals surface area contributed by atoms with Gasteiger partial charge in [0.25, 0.3) is 0 Å². The van der Waals surface area contributed by atoms with Crippen LogP contribution in [-0.2, 0) is 6.42 Å². The molecule has 0 aliphatic carbocycles. The molecule has 6 heteroatoms. The fraction of sp³-hybridized carbons (Fsp3) is 0.353. The molecule has 0 saturated heterocycles. The Hall–Kier alpha value is -2.05. The van der Waals surface area contributed by atoms with Gasteiger partial charge in [-0.3, -0.25) is 4.40 Å². The summed E-state index contributed by atoms with van der Waals surface area (Å²) < 4.78 is 13.2. The molecule has 2 aromatic heterocycles. The van der Waals surface area contributed by atoms with Crippen LogP contribution in [0.5, 0.6) is 11.5 Å². The van der Waals surface area contributed by atoms with E-state index in [9.17, 15) is 0 Å². The minimum atomic E-state index is 0.595. The van der Waals surface area contributed by atoms with E-state index in [0.29, 0.717) is 6.54 Å². The van der Waals surface area contributed by atoms with E-state index >= 15 is 0 Å². The van der Waals surface area contributed by atoms with Crippen LogP contribution in [0.15, 0.2) is 18.2 Å². The minimum Gasteiger partial charge on any atom is -0.497 e. The van der Waals surface area contributed by atoms with Crippen molar-refractivity contribution in [1.82, 2.24) is 9.38 Å². The van der Waals surface area contributed by atoms with Crippen molar-refractivity contribution in [1.29, 1.82) is 0 Å². The van der Waals surface area contributed by atoms with Gasteiger partial charge in [-0.15, -0.1) is 11.3 Å². The SMILES string of the molecule is COc1ccc(OC)c(-c2c(C)sc3nc(C)c(CCN)n23)c1. The lowest BCUT2D eigenvalue weighted by atomic mass is 10.1. The van der Waals surface area contributed by atoms with Crippen molar-refractivity contribution in [3.63, 3.8) is 0 Å². The molecule has 122 valence electrons. The van der Waals surface area contributed by atoms with Gasteiger partial charge < -0.3 is 15.2 Å². The summed E-state index contributed by atoms with van der Waals surface area (Å²) in [6, 6.07) is 5.85. The highest BCUT2D eigenvalue weighted by molar-refractivity contribution is 7.17. The maximum absolute atomic E-state index is 5.79. The lowest BCUT2D eigenvalue weighted by molar-refractivity contribution is 0.404. The summed E-state index contributed by atoms with van der Waals surface area (Å²) >= 11 is 1.68. The van der Waals surface area contributed by atoms with Crippen molar-refractivity contribution in [2.75, 3.05) is 20.8 Å². The number of hydrogen-bond donors (Lipinski definition) is 1. The van der Waals surface area contributed by atoms with Gasteiger partial charge >= 0.3 is 0 Å². The number of aromatic nitrogens is 2. The number of rotatable bonds is 5. The van der Waals surface area contributed by atoms with Crippen molar-refractivity contribution in [3.8, 4) is 22.8 Å². The fourth-order valence-corrected chi connectivity index (χ4v) is 3.96. The Morgan fingerprint density at radius 1 is 1.22 bits per heavy atom. The van der Waals surface area contributed by atoms with Crippen LogP contribution in [0.2, 0.25) is 0 Å². The molecule has 0 aliphatic rings. The smallest absolute Gasteiger partial charge is 0.194 e. The zero-order valence-corrected chi connectivity index (χ0v) is 14.7. The van der Waals surface area contributed by atoms with Crippen LogP contribution in [0.1, 0.15) is 16.3 Å². The Kier molecular flexibility index (Phi) is 4.28.